The van der Waals surface area contributed by atoms with Crippen molar-refractivity contribution in [1.82, 2.24) is 15.4 Å². The number of hydrazine groups is 2. The van der Waals surface area contributed by atoms with Crippen molar-refractivity contribution in [2.75, 3.05) is 18.8 Å². The Morgan fingerprint density at radius 3 is 1.85 bits per heavy atom. The summed E-state index contributed by atoms with van der Waals surface area (Å²) in [5, 5.41) is 0. The lowest BCUT2D eigenvalue weighted by Gasteiger charge is -2.21. The molecule has 0 aliphatic carbocycles. The lowest BCUT2D eigenvalue weighted by molar-refractivity contribution is 0.245. The zero-order chi connectivity index (χ0) is 10.3. The second-order valence-electron chi connectivity index (χ2n) is 2.60. The predicted molar refractivity (Wildman–Crippen MR) is 53.3 cm³/mol. The van der Waals surface area contributed by atoms with E-state index < -0.39 is 10.0 Å². The summed E-state index contributed by atoms with van der Waals surface area (Å²) in [7, 11) is -3.19. The Morgan fingerprint density at radius 2 is 1.54 bits per heavy atom. The van der Waals surface area contributed by atoms with Crippen LogP contribution in [0.4, 0.5) is 0 Å². The van der Waals surface area contributed by atoms with Gasteiger partial charge in [0.2, 0.25) is 10.0 Å². The van der Waals surface area contributed by atoms with E-state index in [0.29, 0.717) is 19.5 Å². The van der Waals surface area contributed by atoms with Gasteiger partial charge in [0.25, 0.3) is 0 Å². The van der Waals surface area contributed by atoms with Crippen LogP contribution in [0.2, 0.25) is 0 Å². The summed E-state index contributed by atoms with van der Waals surface area (Å²) in [4.78, 5) is 0. The second-order valence-corrected chi connectivity index (χ2v) is 4.54. The maximum Gasteiger partial charge on any atom is 0.240 e. The van der Waals surface area contributed by atoms with Gasteiger partial charge in [-0.1, -0.05) is 25.3 Å². The molecule has 0 aliphatic heterocycles. The summed E-state index contributed by atoms with van der Waals surface area (Å²) in [5.41, 5.74) is 5.49. The van der Waals surface area contributed by atoms with Crippen molar-refractivity contribution in [2.24, 2.45) is 0 Å². The summed E-state index contributed by atoms with van der Waals surface area (Å²) < 4.78 is 24.1. The zero-order valence-electron chi connectivity index (χ0n) is 8.50. The number of nitrogens with zero attached hydrogens (tertiary/aromatic N) is 1. The van der Waals surface area contributed by atoms with Crippen LogP contribution in [-0.2, 0) is 10.0 Å². The fourth-order valence-electron chi connectivity index (χ4n) is 0.889. The largest absolute Gasteiger partial charge is 0.240 e. The Hall–Kier alpha value is -0.170. The van der Waals surface area contributed by atoms with Crippen molar-refractivity contribution in [3.8, 4) is 0 Å². The van der Waals surface area contributed by atoms with Crippen LogP contribution in [0, 0.1) is 0 Å². The molecule has 0 radical (unpaired) electrons. The topological polar surface area (TPSA) is 61.4 Å². The van der Waals surface area contributed by atoms with Gasteiger partial charge in [0.1, 0.15) is 0 Å². The van der Waals surface area contributed by atoms with Crippen molar-refractivity contribution in [1.29, 1.82) is 0 Å². The number of sulfonamides is 1. The molecule has 0 atom stereocenters. The Kier molecular flexibility index (Phi) is 6.23. The van der Waals surface area contributed by atoms with Crippen LogP contribution in [0.1, 0.15) is 27.2 Å². The third kappa shape index (κ3) is 4.56. The van der Waals surface area contributed by atoms with E-state index in [0.717, 1.165) is 4.52 Å². The lowest BCUT2D eigenvalue weighted by atomic mass is 10.6. The smallest absolute Gasteiger partial charge is 0.227 e. The van der Waals surface area contributed by atoms with Gasteiger partial charge in [-0.25, -0.2) is 19.3 Å². The summed E-state index contributed by atoms with van der Waals surface area (Å²) >= 11 is 0. The first-order valence-electron chi connectivity index (χ1n) is 4.58. The van der Waals surface area contributed by atoms with Crippen LogP contribution in [0.15, 0.2) is 0 Å². The minimum Gasteiger partial charge on any atom is -0.227 e. The van der Waals surface area contributed by atoms with Gasteiger partial charge >= 0.3 is 0 Å². The molecule has 0 saturated heterocycles. The fourth-order valence-corrected chi connectivity index (χ4v) is 2.24. The quantitative estimate of drug-likeness (QED) is 0.583. The minimum absolute atomic E-state index is 0.160. The van der Waals surface area contributed by atoms with E-state index in [1.165, 1.54) is 0 Å². The van der Waals surface area contributed by atoms with Gasteiger partial charge in [-0.05, 0) is 6.42 Å². The van der Waals surface area contributed by atoms with Crippen LogP contribution < -0.4 is 10.9 Å². The summed E-state index contributed by atoms with van der Waals surface area (Å²) in [5.74, 6) is 0.160. The molecule has 0 saturated carbocycles. The average molecular weight is 209 g/mol. The molecule has 0 unspecified atom stereocenters. The minimum atomic E-state index is -3.19. The number of hydrogen-bond acceptors (Lipinski definition) is 4. The molecule has 0 heterocycles. The molecule has 0 rings (SSSR count). The zero-order valence-corrected chi connectivity index (χ0v) is 9.32. The number of nitrogens with one attached hydrogen (secondary N) is 2. The normalized spacial score (nSPS) is 12.3. The van der Waals surface area contributed by atoms with Gasteiger partial charge in [0.15, 0.2) is 0 Å². The monoisotopic (exact) mass is 209 g/mol. The molecule has 0 aromatic heterocycles. The Labute approximate surface area is 80.5 Å². The van der Waals surface area contributed by atoms with E-state index in [9.17, 15) is 8.42 Å². The molecule has 0 fully saturated rings. The van der Waals surface area contributed by atoms with E-state index >= 15 is 0 Å². The molecule has 6 heteroatoms. The van der Waals surface area contributed by atoms with E-state index in [1.807, 2.05) is 20.8 Å². The van der Waals surface area contributed by atoms with Gasteiger partial charge in [-0.3, -0.25) is 0 Å². The third-order valence-corrected chi connectivity index (χ3v) is 3.08. The van der Waals surface area contributed by atoms with E-state index in [4.69, 9.17) is 0 Å². The second kappa shape index (κ2) is 6.31. The molecule has 5 nitrogen and oxygen atoms in total. The first-order valence-corrected chi connectivity index (χ1v) is 6.19. The number of rotatable bonds is 7. The maximum atomic E-state index is 11.5. The van der Waals surface area contributed by atoms with Crippen molar-refractivity contribution >= 4 is 10.0 Å². The molecule has 0 bridgehead atoms. The van der Waals surface area contributed by atoms with Crippen LogP contribution in [0.3, 0.4) is 0 Å². The molecule has 80 valence electrons. The van der Waals surface area contributed by atoms with Crippen molar-refractivity contribution in [3.05, 3.63) is 0 Å². The highest BCUT2D eigenvalue weighted by Gasteiger charge is 2.18. The van der Waals surface area contributed by atoms with E-state index in [1.54, 1.807) is 0 Å². The van der Waals surface area contributed by atoms with Crippen LogP contribution in [-0.4, -0.2) is 31.8 Å². The average Bonchev–Trinajstić information content (AvgIpc) is 2.04. The Balaban J connectivity index is 4.33. The van der Waals surface area contributed by atoms with Crippen molar-refractivity contribution in [2.45, 2.75) is 27.2 Å². The van der Waals surface area contributed by atoms with Crippen LogP contribution >= 0.6 is 0 Å². The first kappa shape index (κ1) is 12.8. The molecule has 0 aromatic carbocycles. The Morgan fingerprint density at radius 1 is 1.08 bits per heavy atom. The molecule has 0 aromatic rings. The highest BCUT2D eigenvalue weighted by atomic mass is 32.2. The van der Waals surface area contributed by atoms with Gasteiger partial charge in [-0.2, -0.15) is 0 Å². The fraction of sp³-hybridized carbons (Fsp3) is 1.00. The predicted octanol–water partition coefficient (Wildman–Crippen LogP) is 0.0772. The summed E-state index contributed by atoms with van der Waals surface area (Å²) in [6.07, 6.45) is 0.621. The lowest BCUT2D eigenvalue weighted by Crippen LogP contribution is -2.52. The standard InChI is InChI=1S/C7H19N3O2S/c1-4-7-13(11,12)10(8-5-2)9-6-3/h8-9H,4-7H2,1-3H3. The SMILES string of the molecule is CCCS(=O)(=O)N(NCC)NCC. The molecule has 2 N–H and O–H groups in total. The van der Waals surface area contributed by atoms with Crippen molar-refractivity contribution < 1.29 is 8.42 Å². The van der Waals surface area contributed by atoms with Gasteiger partial charge in [0.05, 0.1) is 5.75 Å². The third-order valence-electron chi connectivity index (χ3n) is 1.34. The molecule has 0 aliphatic rings. The molecule has 0 spiro atoms. The summed E-state index contributed by atoms with van der Waals surface area (Å²) in [6, 6.07) is 0. The Bertz CT molecular complexity index is 210. The summed E-state index contributed by atoms with van der Waals surface area (Å²) in [6.45, 7) is 6.71. The molecule has 0 amide bonds. The van der Waals surface area contributed by atoms with E-state index in [2.05, 4.69) is 10.9 Å². The maximum absolute atomic E-state index is 11.5. The van der Waals surface area contributed by atoms with Gasteiger partial charge < -0.3 is 0 Å². The highest BCUT2D eigenvalue weighted by molar-refractivity contribution is 7.88. The van der Waals surface area contributed by atoms with E-state index in [-0.39, 0.29) is 5.75 Å². The van der Waals surface area contributed by atoms with Gasteiger partial charge in [-0.15, -0.1) is 0 Å². The molecular formula is C7H19N3O2S. The molecular weight excluding hydrogens is 190 g/mol. The molecule has 13 heavy (non-hydrogen) atoms. The van der Waals surface area contributed by atoms with Crippen LogP contribution in [0.5, 0.6) is 0 Å². The number of hydrogen-bond donors (Lipinski definition) is 2. The first-order chi connectivity index (χ1) is 6.08. The van der Waals surface area contributed by atoms with Crippen LogP contribution in [0.25, 0.3) is 0 Å². The van der Waals surface area contributed by atoms with Gasteiger partial charge in [0, 0.05) is 13.1 Å². The highest BCUT2D eigenvalue weighted by Crippen LogP contribution is 1.96. The van der Waals surface area contributed by atoms with Crippen molar-refractivity contribution in [3.63, 3.8) is 0 Å².